The zero-order chi connectivity index (χ0) is 39.6. The first-order chi connectivity index (χ1) is 28.3. The number of hydrogen-bond acceptors (Lipinski definition) is 11. The molecule has 0 amide bonds. The molecule has 7 aromatic rings. The molecule has 13 heteroatoms. The Balaban J connectivity index is 0.782. The molecule has 5 heterocycles. The average Bonchev–Trinajstić information content (AvgIpc) is 4.09. The fraction of sp³-hybridized carbons (Fsp3) is 0.333. The van der Waals surface area contributed by atoms with Crippen LogP contribution in [0, 0.1) is 0 Å². The molecule has 0 radical (unpaired) electrons. The van der Waals surface area contributed by atoms with Crippen molar-refractivity contribution in [1.29, 1.82) is 0 Å². The van der Waals surface area contributed by atoms with E-state index in [4.69, 9.17) is 4.74 Å². The van der Waals surface area contributed by atoms with E-state index in [2.05, 4.69) is 36.3 Å². The normalized spacial score (nSPS) is 15.9. The number of aromatic amines is 1. The summed E-state index contributed by atoms with van der Waals surface area (Å²) in [6.45, 7) is 4.81. The van der Waals surface area contributed by atoms with Gasteiger partial charge in [0.15, 0.2) is 0 Å². The van der Waals surface area contributed by atoms with Crippen LogP contribution in [-0.2, 0) is 47.5 Å². The minimum Gasteiger partial charge on any atom is -0.506 e. The SMILES string of the molecule is O=C(OC1CCN(CCCn2nnc3cc(CNCCc4ccc(O)c5[nH]c(=O)ccc45)c4c(c32)CCC4)CC1)[C@](O)(c1cccs1)c1ccc(-c2ccccc2)s1. The van der Waals surface area contributed by atoms with Gasteiger partial charge in [-0.2, -0.15) is 0 Å². The van der Waals surface area contributed by atoms with Gasteiger partial charge in [0.1, 0.15) is 17.4 Å². The zero-order valence-corrected chi connectivity index (χ0v) is 33.8. The number of piperidine rings is 1. The lowest BCUT2D eigenvalue weighted by Crippen LogP contribution is -2.43. The van der Waals surface area contributed by atoms with Crippen LogP contribution in [-0.4, -0.2) is 73.3 Å². The molecule has 58 heavy (non-hydrogen) atoms. The standard InChI is InChI=1S/C45H46N6O5S2/c52-37-14-12-29(34-13-17-41(53)47-42(34)37)18-21-46-28-31-27-36-43(35-10-4-9-33(31)35)51(49-48-36)23-6-22-50-24-19-32(20-25-50)56-44(54)45(55,39-11-5-26-57-39)40-16-15-38(58-40)30-7-2-1-3-8-30/h1-3,5,7-8,11-17,26-27,32,46,52,55H,4,6,9-10,18-25,28H2,(H,47,53)/t45-/m0/s1. The molecule has 0 spiro atoms. The average molecular weight is 815 g/mol. The number of ether oxygens (including phenoxy) is 1. The Morgan fingerprint density at radius 2 is 1.79 bits per heavy atom. The van der Waals surface area contributed by atoms with Crippen molar-refractivity contribution in [3.05, 3.63) is 133 Å². The summed E-state index contributed by atoms with van der Waals surface area (Å²) in [6, 6.07) is 26.5. The number of phenolic OH excluding ortho intramolecular Hbond substituents is 1. The van der Waals surface area contributed by atoms with Crippen LogP contribution in [0.25, 0.3) is 32.4 Å². The number of H-pyrrole nitrogens is 1. The second kappa shape index (κ2) is 16.6. The van der Waals surface area contributed by atoms with Crippen molar-refractivity contribution in [2.45, 2.75) is 69.7 Å². The first kappa shape index (κ1) is 38.3. The van der Waals surface area contributed by atoms with Gasteiger partial charge in [-0.15, -0.1) is 27.8 Å². The second-order valence-electron chi connectivity index (χ2n) is 15.3. The fourth-order valence-corrected chi connectivity index (χ4v) is 10.6. The van der Waals surface area contributed by atoms with Gasteiger partial charge >= 0.3 is 5.97 Å². The second-order valence-corrected chi connectivity index (χ2v) is 17.4. The number of aliphatic hydroxyl groups is 1. The number of carbonyl (C=O) groups is 1. The van der Waals surface area contributed by atoms with Crippen LogP contribution in [0.15, 0.2) is 95.1 Å². The van der Waals surface area contributed by atoms with E-state index < -0.39 is 11.6 Å². The van der Waals surface area contributed by atoms with Crippen LogP contribution in [0.5, 0.6) is 5.75 Å². The first-order valence-corrected chi connectivity index (χ1v) is 21.8. The van der Waals surface area contributed by atoms with E-state index in [1.165, 1.54) is 45.4 Å². The number of aryl methyl sites for hydroxylation is 2. The first-order valence-electron chi connectivity index (χ1n) is 20.1. The summed E-state index contributed by atoms with van der Waals surface area (Å²) < 4.78 is 8.18. The molecule has 1 atom stereocenters. The van der Waals surface area contributed by atoms with E-state index in [0.717, 1.165) is 117 Å². The highest BCUT2D eigenvalue weighted by molar-refractivity contribution is 7.16. The maximum Gasteiger partial charge on any atom is 0.349 e. The largest absolute Gasteiger partial charge is 0.506 e. The molecule has 2 aliphatic rings. The van der Waals surface area contributed by atoms with Gasteiger partial charge in [-0.3, -0.25) is 4.79 Å². The molecular formula is C45H46N6O5S2. The Hall–Kier alpha value is -5.18. The molecule has 0 unspecified atom stereocenters. The predicted octanol–water partition coefficient (Wildman–Crippen LogP) is 6.92. The van der Waals surface area contributed by atoms with Crippen LogP contribution in [0.1, 0.15) is 57.7 Å². The third kappa shape index (κ3) is 7.60. The minimum atomic E-state index is -1.85. The summed E-state index contributed by atoms with van der Waals surface area (Å²) in [5.74, 6) is -0.531. The van der Waals surface area contributed by atoms with Crippen molar-refractivity contribution in [3.8, 4) is 16.2 Å². The third-order valence-electron chi connectivity index (χ3n) is 11.7. The van der Waals surface area contributed by atoms with Gasteiger partial charge in [-0.25, -0.2) is 9.48 Å². The number of likely N-dealkylation sites (tertiary alicyclic amines) is 1. The van der Waals surface area contributed by atoms with Crippen LogP contribution < -0.4 is 10.9 Å². The van der Waals surface area contributed by atoms with Crippen LogP contribution >= 0.6 is 22.7 Å². The molecule has 0 saturated carbocycles. The van der Waals surface area contributed by atoms with Crippen molar-refractivity contribution in [3.63, 3.8) is 0 Å². The number of esters is 1. The van der Waals surface area contributed by atoms with Gasteiger partial charge < -0.3 is 30.2 Å². The lowest BCUT2D eigenvalue weighted by molar-refractivity contribution is -0.169. The number of rotatable bonds is 14. The van der Waals surface area contributed by atoms with E-state index in [-0.39, 0.29) is 17.4 Å². The number of fused-ring (bicyclic) bond motifs is 4. The van der Waals surface area contributed by atoms with Crippen LogP contribution in [0.4, 0.5) is 0 Å². The van der Waals surface area contributed by atoms with Crippen molar-refractivity contribution >= 4 is 50.6 Å². The van der Waals surface area contributed by atoms with Crippen LogP contribution in [0.3, 0.4) is 0 Å². The summed E-state index contributed by atoms with van der Waals surface area (Å²) in [5, 5.41) is 37.9. The summed E-state index contributed by atoms with van der Waals surface area (Å²) in [6.07, 6.45) is 6.07. The summed E-state index contributed by atoms with van der Waals surface area (Å²) in [5.41, 5.74) is 6.67. The smallest absolute Gasteiger partial charge is 0.349 e. The van der Waals surface area contributed by atoms with E-state index in [9.17, 15) is 19.8 Å². The number of aromatic hydroxyl groups is 1. The minimum absolute atomic E-state index is 0.0788. The lowest BCUT2D eigenvalue weighted by atomic mass is 9.99. The monoisotopic (exact) mass is 814 g/mol. The Morgan fingerprint density at radius 1 is 0.948 bits per heavy atom. The molecule has 9 rings (SSSR count). The van der Waals surface area contributed by atoms with E-state index in [1.54, 1.807) is 18.2 Å². The number of benzene rings is 3. The number of aromatic nitrogens is 4. The highest BCUT2D eigenvalue weighted by atomic mass is 32.1. The molecule has 1 aliphatic carbocycles. The van der Waals surface area contributed by atoms with Gasteiger partial charge in [-0.05, 0) is 128 Å². The Morgan fingerprint density at radius 3 is 2.62 bits per heavy atom. The maximum atomic E-state index is 13.8. The number of hydrogen-bond donors (Lipinski definition) is 4. The Kier molecular flexibility index (Phi) is 11.0. The number of pyridine rings is 1. The molecule has 1 fully saturated rings. The van der Waals surface area contributed by atoms with E-state index in [1.807, 2.05) is 60.0 Å². The number of carbonyl (C=O) groups excluding carboxylic acids is 1. The van der Waals surface area contributed by atoms with Gasteiger partial charge in [0, 0.05) is 42.5 Å². The van der Waals surface area contributed by atoms with Crippen molar-refractivity contribution in [1.82, 2.24) is 30.2 Å². The summed E-state index contributed by atoms with van der Waals surface area (Å²) in [7, 11) is 0. The Labute approximate surface area is 343 Å². The van der Waals surface area contributed by atoms with Gasteiger partial charge in [-0.1, -0.05) is 47.7 Å². The van der Waals surface area contributed by atoms with E-state index >= 15 is 0 Å². The molecule has 298 valence electrons. The Bertz CT molecular complexity index is 2610. The molecule has 4 N–H and O–H groups in total. The number of nitrogens with zero attached hydrogens (tertiary/aromatic N) is 4. The zero-order valence-electron chi connectivity index (χ0n) is 32.2. The highest BCUT2D eigenvalue weighted by Gasteiger charge is 2.45. The van der Waals surface area contributed by atoms with E-state index in [0.29, 0.717) is 15.3 Å². The fourth-order valence-electron chi connectivity index (χ4n) is 8.65. The van der Waals surface area contributed by atoms with Crippen LogP contribution in [0.2, 0.25) is 0 Å². The van der Waals surface area contributed by atoms with Gasteiger partial charge in [0.05, 0.1) is 20.8 Å². The summed E-state index contributed by atoms with van der Waals surface area (Å²) >= 11 is 2.78. The third-order valence-corrected chi connectivity index (χ3v) is 13.9. The quantitative estimate of drug-likeness (QED) is 0.0679. The van der Waals surface area contributed by atoms with Crippen molar-refractivity contribution in [2.75, 3.05) is 26.2 Å². The molecule has 1 saturated heterocycles. The maximum absolute atomic E-state index is 13.8. The summed E-state index contributed by atoms with van der Waals surface area (Å²) in [4.78, 5) is 32.9. The number of thiophene rings is 2. The lowest BCUT2D eigenvalue weighted by Gasteiger charge is -2.33. The molecule has 11 nitrogen and oxygen atoms in total. The van der Waals surface area contributed by atoms with Crippen molar-refractivity contribution < 1.29 is 19.7 Å². The molecule has 4 aromatic heterocycles. The van der Waals surface area contributed by atoms with Crippen molar-refractivity contribution in [2.24, 2.45) is 0 Å². The van der Waals surface area contributed by atoms with Gasteiger partial charge in [0.2, 0.25) is 11.2 Å². The predicted molar refractivity (Wildman–Crippen MR) is 228 cm³/mol. The molecular weight excluding hydrogens is 769 g/mol. The highest BCUT2D eigenvalue weighted by Crippen LogP contribution is 2.41. The number of nitrogens with one attached hydrogen (secondary N) is 2. The molecule has 1 aliphatic heterocycles. The molecule has 0 bridgehead atoms. The molecule has 3 aromatic carbocycles. The van der Waals surface area contributed by atoms with Gasteiger partial charge in [0.25, 0.3) is 0 Å². The topological polar surface area (TPSA) is 146 Å². The number of phenols is 1.